The molecule has 0 unspecified atom stereocenters. The number of pyridine rings is 1. The van der Waals surface area contributed by atoms with E-state index in [4.69, 9.17) is 5.11 Å². The second-order valence-electron chi connectivity index (χ2n) is 3.79. The second kappa shape index (κ2) is 4.33. The molecule has 0 aliphatic carbocycles. The normalized spacial score (nSPS) is 10.7. The number of carbonyl (C=O) groups is 1. The minimum atomic E-state index is -0.948. The number of hydrogen-bond acceptors (Lipinski definition) is 2. The Hall–Kier alpha value is -1.62. The number of carboxylic acid groups (broad SMARTS) is 1. The Morgan fingerprint density at radius 1 is 1.41 bits per heavy atom. The summed E-state index contributed by atoms with van der Waals surface area (Å²) in [5.74, 6) is -0.948. The molecule has 1 aromatic heterocycles. The molecule has 17 heavy (non-hydrogen) atoms. The maximum absolute atomic E-state index is 11.9. The van der Waals surface area contributed by atoms with Crippen molar-refractivity contribution in [3.63, 3.8) is 0 Å². The van der Waals surface area contributed by atoms with E-state index in [-0.39, 0.29) is 11.8 Å². The molecule has 0 atom stereocenters. The number of nitrogens with zero attached hydrogens (tertiary/aromatic N) is 1. The Bertz CT molecular complexity index is 661. The quantitative estimate of drug-likeness (QED) is 0.921. The van der Waals surface area contributed by atoms with Crippen LogP contribution in [0.5, 0.6) is 0 Å². The zero-order chi connectivity index (χ0) is 12.6. The monoisotopic (exact) mass is 295 g/mol. The van der Waals surface area contributed by atoms with Crippen molar-refractivity contribution in [3.8, 4) is 0 Å². The number of hydrogen-bond donors (Lipinski definition) is 1. The van der Waals surface area contributed by atoms with Crippen LogP contribution in [0, 0.1) is 0 Å². The van der Waals surface area contributed by atoms with Gasteiger partial charge in [0.25, 0.3) is 0 Å². The predicted octanol–water partition coefficient (Wildman–Crippen LogP) is 1.93. The van der Waals surface area contributed by atoms with Crippen LogP contribution >= 0.6 is 15.9 Å². The molecule has 2 rings (SSSR count). The van der Waals surface area contributed by atoms with Gasteiger partial charge in [-0.25, -0.2) is 0 Å². The lowest BCUT2D eigenvalue weighted by Crippen LogP contribution is -2.14. The number of benzene rings is 1. The summed E-state index contributed by atoms with van der Waals surface area (Å²) in [5, 5.41) is 9.36. The maximum atomic E-state index is 11.9. The molecule has 1 aromatic carbocycles. The lowest BCUT2D eigenvalue weighted by molar-refractivity contribution is -0.136. The first-order valence-corrected chi connectivity index (χ1v) is 5.78. The highest BCUT2D eigenvalue weighted by atomic mass is 79.9. The summed E-state index contributed by atoms with van der Waals surface area (Å²) in [6, 6.07) is 6.74. The Morgan fingerprint density at radius 3 is 2.76 bits per heavy atom. The summed E-state index contributed by atoms with van der Waals surface area (Å²) in [5.41, 5.74) is 1.07. The van der Waals surface area contributed by atoms with Crippen LogP contribution in [-0.4, -0.2) is 15.6 Å². The molecule has 88 valence electrons. The molecule has 1 N–H and O–H groups in total. The van der Waals surface area contributed by atoms with Crippen molar-refractivity contribution in [1.29, 1.82) is 0 Å². The lowest BCUT2D eigenvalue weighted by atomic mass is 10.1. The highest BCUT2D eigenvalue weighted by molar-refractivity contribution is 9.10. The molecule has 0 bridgehead atoms. The van der Waals surface area contributed by atoms with Gasteiger partial charge in [0.15, 0.2) is 5.43 Å². The molecule has 0 amide bonds. The van der Waals surface area contributed by atoms with Crippen LogP contribution < -0.4 is 5.43 Å². The standard InChI is InChI=1S/C12H10BrNO3/c1-14-8(6-12(16)17)5-11(15)9-4-7(13)2-3-10(9)14/h2-5H,6H2,1H3,(H,16,17). The smallest absolute Gasteiger partial charge is 0.309 e. The molecule has 0 aliphatic heterocycles. The summed E-state index contributed by atoms with van der Waals surface area (Å²) in [4.78, 5) is 22.6. The van der Waals surface area contributed by atoms with E-state index in [9.17, 15) is 9.59 Å². The van der Waals surface area contributed by atoms with E-state index >= 15 is 0 Å². The van der Waals surface area contributed by atoms with E-state index in [0.717, 1.165) is 9.99 Å². The van der Waals surface area contributed by atoms with Crippen molar-refractivity contribution >= 4 is 32.8 Å². The van der Waals surface area contributed by atoms with Crippen LogP contribution in [0.4, 0.5) is 0 Å². The third kappa shape index (κ3) is 2.24. The van der Waals surface area contributed by atoms with E-state index in [1.54, 1.807) is 23.7 Å². The molecule has 4 nitrogen and oxygen atoms in total. The zero-order valence-corrected chi connectivity index (χ0v) is 10.7. The van der Waals surface area contributed by atoms with Gasteiger partial charge < -0.3 is 9.67 Å². The average molecular weight is 296 g/mol. The van der Waals surface area contributed by atoms with Crippen molar-refractivity contribution in [1.82, 2.24) is 4.57 Å². The molecule has 5 heteroatoms. The molecule has 2 aromatic rings. The van der Waals surface area contributed by atoms with Gasteiger partial charge in [-0.2, -0.15) is 0 Å². The molecule has 0 fully saturated rings. The number of rotatable bonds is 2. The highest BCUT2D eigenvalue weighted by Gasteiger charge is 2.09. The van der Waals surface area contributed by atoms with Gasteiger partial charge in [0, 0.05) is 28.7 Å². The first-order chi connectivity index (χ1) is 7.99. The molecule has 0 spiro atoms. The Balaban J connectivity index is 2.76. The third-order valence-corrected chi connectivity index (χ3v) is 3.14. The summed E-state index contributed by atoms with van der Waals surface area (Å²) in [7, 11) is 1.76. The predicted molar refractivity (Wildman–Crippen MR) is 68.2 cm³/mol. The van der Waals surface area contributed by atoms with E-state index < -0.39 is 5.97 Å². The van der Waals surface area contributed by atoms with Crippen molar-refractivity contribution in [2.75, 3.05) is 0 Å². The van der Waals surface area contributed by atoms with Crippen LogP contribution in [0.2, 0.25) is 0 Å². The number of aliphatic carboxylic acids is 1. The van der Waals surface area contributed by atoms with E-state index in [1.165, 1.54) is 6.07 Å². The van der Waals surface area contributed by atoms with Gasteiger partial charge in [0.05, 0.1) is 11.9 Å². The van der Waals surface area contributed by atoms with Crippen molar-refractivity contribution in [2.45, 2.75) is 6.42 Å². The number of aromatic nitrogens is 1. The van der Waals surface area contributed by atoms with Gasteiger partial charge in [0.1, 0.15) is 0 Å². The summed E-state index contributed by atoms with van der Waals surface area (Å²) < 4.78 is 2.56. The maximum Gasteiger partial charge on any atom is 0.309 e. The van der Waals surface area contributed by atoms with E-state index in [1.807, 2.05) is 6.07 Å². The van der Waals surface area contributed by atoms with Crippen molar-refractivity contribution in [2.24, 2.45) is 7.05 Å². The van der Waals surface area contributed by atoms with Crippen LogP contribution in [0.15, 0.2) is 33.5 Å². The van der Waals surface area contributed by atoms with E-state index in [0.29, 0.717) is 11.1 Å². The summed E-state index contributed by atoms with van der Waals surface area (Å²) in [6.07, 6.45) is -0.155. The number of carboxylic acids is 1. The molecule has 0 radical (unpaired) electrons. The number of aryl methyl sites for hydroxylation is 1. The van der Waals surface area contributed by atoms with Crippen LogP contribution in [-0.2, 0) is 18.3 Å². The van der Waals surface area contributed by atoms with Gasteiger partial charge in [-0.1, -0.05) is 15.9 Å². The summed E-state index contributed by atoms with van der Waals surface area (Å²) in [6.45, 7) is 0. The molecule has 0 saturated heterocycles. The zero-order valence-electron chi connectivity index (χ0n) is 9.11. The largest absolute Gasteiger partial charge is 0.481 e. The fourth-order valence-electron chi connectivity index (χ4n) is 1.80. The highest BCUT2D eigenvalue weighted by Crippen LogP contribution is 2.17. The van der Waals surface area contributed by atoms with Gasteiger partial charge >= 0.3 is 5.97 Å². The average Bonchev–Trinajstić information content (AvgIpc) is 2.25. The van der Waals surface area contributed by atoms with Gasteiger partial charge in [-0.3, -0.25) is 9.59 Å². The minimum Gasteiger partial charge on any atom is -0.481 e. The lowest BCUT2D eigenvalue weighted by Gasteiger charge is -2.10. The third-order valence-electron chi connectivity index (χ3n) is 2.65. The molecular formula is C12H10BrNO3. The van der Waals surface area contributed by atoms with Gasteiger partial charge in [-0.15, -0.1) is 0 Å². The van der Waals surface area contributed by atoms with Crippen LogP contribution in [0.1, 0.15) is 5.69 Å². The van der Waals surface area contributed by atoms with Gasteiger partial charge in [0.2, 0.25) is 0 Å². The molecule has 1 heterocycles. The van der Waals surface area contributed by atoms with Crippen molar-refractivity contribution < 1.29 is 9.90 Å². The van der Waals surface area contributed by atoms with E-state index in [2.05, 4.69) is 15.9 Å². The van der Waals surface area contributed by atoms with Crippen LogP contribution in [0.3, 0.4) is 0 Å². The fourth-order valence-corrected chi connectivity index (χ4v) is 2.16. The van der Waals surface area contributed by atoms with Crippen molar-refractivity contribution in [3.05, 3.63) is 44.7 Å². The minimum absolute atomic E-state index is 0.155. The van der Waals surface area contributed by atoms with Gasteiger partial charge in [-0.05, 0) is 18.2 Å². The number of halogens is 1. The Morgan fingerprint density at radius 2 is 2.12 bits per heavy atom. The molecular weight excluding hydrogens is 286 g/mol. The fraction of sp³-hybridized carbons (Fsp3) is 0.167. The number of fused-ring (bicyclic) bond motifs is 1. The summed E-state index contributed by atoms with van der Waals surface area (Å²) >= 11 is 3.31. The molecule has 0 aliphatic rings. The topological polar surface area (TPSA) is 59.3 Å². The first-order valence-electron chi connectivity index (χ1n) is 4.99. The SMILES string of the molecule is Cn1c(CC(=O)O)cc(=O)c2cc(Br)ccc21. The first kappa shape index (κ1) is 11.9. The van der Waals surface area contributed by atoms with Crippen LogP contribution in [0.25, 0.3) is 10.9 Å². The Labute approximate surface area is 106 Å². The Kier molecular flexibility index (Phi) is 3.02. The second-order valence-corrected chi connectivity index (χ2v) is 4.71. The molecule has 0 saturated carbocycles.